The van der Waals surface area contributed by atoms with Gasteiger partial charge < -0.3 is 4.74 Å². The van der Waals surface area contributed by atoms with Crippen molar-refractivity contribution in [1.29, 1.82) is 0 Å². The summed E-state index contributed by atoms with van der Waals surface area (Å²) in [6.07, 6.45) is 1.56. The van der Waals surface area contributed by atoms with Crippen molar-refractivity contribution in [2.75, 3.05) is 7.11 Å². The zero-order chi connectivity index (χ0) is 13.1. The molecule has 0 radical (unpaired) electrons. The highest BCUT2D eigenvalue weighted by atomic mass is 16.5. The number of ether oxygens (including phenoxy) is 1. The van der Waals surface area contributed by atoms with Crippen LogP contribution in [0.15, 0.2) is 30.5 Å². The molecule has 0 N–H and O–H groups in total. The van der Waals surface area contributed by atoms with Crippen LogP contribution in [0.5, 0.6) is 0 Å². The van der Waals surface area contributed by atoms with Crippen LogP contribution in [0.1, 0.15) is 21.6 Å². The standard InChI is InChI=1S/C14H14N2O2/c1-9-4-5-11(10(2)8-9)13-15-7-6-12(16-13)14(17)18-3/h4-8H,1-3H3. The summed E-state index contributed by atoms with van der Waals surface area (Å²) in [5.41, 5.74) is 3.45. The number of aromatic nitrogens is 2. The molecule has 0 saturated carbocycles. The van der Waals surface area contributed by atoms with Crippen LogP contribution in [-0.2, 0) is 4.74 Å². The molecule has 0 aliphatic rings. The molecule has 0 aliphatic carbocycles. The van der Waals surface area contributed by atoms with Gasteiger partial charge in [0.05, 0.1) is 7.11 Å². The fraction of sp³-hybridized carbons (Fsp3) is 0.214. The molecule has 92 valence electrons. The molecule has 0 amide bonds. The number of carbonyl (C=O) groups is 1. The van der Waals surface area contributed by atoms with Gasteiger partial charge in [-0.25, -0.2) is 14.8 Å². The van der Waals surface area contributed by atoms with Crippen molar-refractivity contribution in [3.8, 4) is 11.4 Å². The Kier molecular flexibility index (Phi) is 3.37. The van der Waals surface area contributed by atoms with Gasteiger partial charge in [0.25, 0.3) is 0 Å². The highest BCUT2D eigenvalue weighted by molar-refractivity contribution is 5.87. The van der Waals surface area contributed by atoms with E-state index in [1.54, 1.807) is 12.3 Å². The van der Waals surface area contributed by atoms with E-state index in [1.165, 1.54) is 12.7 Å². The van der Waals surface area contributed by atoms with Gasteiger partial charge in [-0.3, -0.25) is 0 Å². The quantitative estimate of drug-likeness (QED) is 0.759. The highest BCUT2D eigenvalue weighted by Gasteiger charge is 2.11. The van der Waals surface area contributed by atoms with Gasteiger partial charge >= 0.3 is 5.97 Å². The molecule has 1 heterocycles. The molecule has 0 bridgehead atoms. The van der Waals surface area contributed by atoms with Gasteiger partial charge in [-0.15, -0.1) is 0 Å². The molecule has 0 atom stereocenters. The van der Waals surface area contributed by atoms with Crippen molar-refractivity contribution in [1.82, 2.24) is 9.97 Å². The Labute approximate surface area is 106 Å². The second-order valence-corrected chi connectivity index (χ2v) is 4.08. The van der Waals surface area contributed by atoms with Crippen molar-refractivity contribution in [3.63, 3.8) is 0 Å². The predicted octanol–water partition coefficient (Wildman–Crippen LogP) is 2.55. The predicted molar refractivity (Wildman–Crippen MR) is 68.3 cm³/mol. The Morgan fingerprint density at radius 1 is 1.22 bits per heavy atom. The van der Waals surface area contributed by atoms with E-state index in [0.29, 0.717) is 5.82 Å². The first-order chi connectivity index (χ1) is 8.61. The minimum atomic E-state index is -0.455. The molecule has 1 aromatic carbocycles. The summed E-state index contributed by atoms with van der Waals surface area (Å²) in [7, 11) is 1.33. The Bertz CT molecular complexity index is 594. The van der Waals surface area contributed by atoms with Crippen LogP contribution in [0.25, 0.3) is 11.4 Å². The maximum Gasteiger partial charge on any atom is 0.356 e. The maximum absolute atomic E-state index is 11.4. The lowest BCUT2D eigenvalue weighted by Gasteiger charge is -2.06. The summed E-state index contributed by atoms with van der Waals surface area (Å²) in [5, 5.41) is 0. The van der Waals surface area contributed by atoms with E-state index in [1.807, 2.05) is 26.0 Å². The van der Waals surface area contributed by atoms with E-state index in [2.05, 4.69) is 20.8 Å². The van der Waals surface area contributed by atoms with Crippen LogP contribution < -0.4 is 0 Å². The minimum Gasteiger partial charge on any atom is -0.464 e. The topological polar surface area (TPSA) is 52.1 Å². The Morgan fingerprint density at radius 2 is 2.00 bits per heavy atom. The minimum absolute atomic E-state index is 0.266. The molecule has 4 nitrogen and oxygen atoms in total. The largest absolute Gasteiger partial charge is 0.464 e. The third-order valence-corrected chi connectivity index (χ3v) is 2.67. The van der Waals surface area contributed by atoms with Crippen LogP contribution >= 0.6 is 0 Å². The molecule has 1 aromatic heterocycles. The Morgan fingerprint density at radius 3 is 2.67 bits per heavy atom. The molecular weight excluding hydrogens is 228 g/mol. The number of hydrogen-bond donors (Lipinski definition) is 0. The summed E-state index contributed by atoms with van der Waals surface area (Å²) >= 11 is 0. The van der Waals surface area contributed by atoms with E-state index in [0.717, 1.165) is 11.1 Å². The fourth-order valence-electron chi connectivity index (χ4n) is 1.77. The first kappa shape index (κ1) is 12.2. The van der Waals surface area contributed by atoms with E-state index in [4.69, 9.17) is 0 Å². The zero-order valence-corrected chi connectivity index (χ0v) is 10.6. The Hall–Kier alpha value is -2.23. The van der Waals surface area contributed by atoms with Crippen molar-refractivity contribution in [2.45, 2.75) is 13.8 Å². The molecule has 0 fully saturated rings. The van der Waals surface area contributed by atoms with Gasteiger partial charge in [0.2, 0.25) is 0 Å². The maximum atomic E-state index is 11.4. The van der Waals surface area contributed by atoms with Gasteiger partial charge in [-0.05, 0) is 25.5 Å². The number of rotatable bonds is 2. The first-order valence-electron chi connectivity index (χ1n) is 5.61. The first-order valence-corrected chi connectivity index (χ1v) is 5.61. The number of carbonyl (C=O) groups excluding carboxylic acids is 1. The second-order valence-electron chi connectivity index (χ2n) is 4.08. The molecular formula is C14H14N2O2. The lowest BCUT2D eigenvalue weighted by Crippen LogP contribution is -2.06. The summed E-state index contributed by atoms with van der Waals surface area (Å²) < 4.78 is 4.65. The SMILES string of the molecule is COC(=O)c1ccnc(-c2ccc(C)cc2C)n1. The van der Waals surface area contributed by atoms with Gasteiger partial charge in [0.1, 0.15) is 0 Å². The Balaban J connectivity index is 2.48. The highest BCUT2D eigenvalue weighted by Crippen LogP contribution is 2.20. The zero-order valence-electron chi connectivity index (χ0n) is 10.6. The number of esters is 1. The molecule has 2 aromatic rings. The summed E-state index contributed by atoms with van der Waals surface area (Å²) in [6, 6.07) is 7.56. The van der Waals surface area contributed by atoms with E-state index in [9.17, 15) is 4.79 Å². The van der Waals surface area contributed by atoms with Crippen LogP contribution in [-0.4, -0.2) is 23.0 Å². The van der Waals surface area contributed by atoms with Crippen molar-refractivity contribution in [2.24, 2.45) is 0 Å². The van der Waals surface area contributed by atoms with E-state index >= 15 is 0 Å². The molecule has 0 unspecified atom stereocenters. The second kappa shape index (κ2) is 4.96. The number of nitrogens with zero attached hydrogens (tertiary/aromatic N) is 2. The van der Waals surface area contributed by atoms with Crippen molar-refractivity contribution >= 4 is 5.97 Å². The average molecular weight is 242 g/mol. The average Bonchev–Trinajstić information content (AvgIpc) is 2.38. The lowest BCUT2D eigenvalue weighted by atomic mass is 10.1. The molecule has 0 spiro atoms. The lowest BCUT2D eigenvalue weighted by molar-refractivity contribution is 0.0594. The van der Waals surface area contributed by atoms with Crippen LogP contribution in [0.4, 0.5) is 0 Å². The molecule has 2 rings (SSSR count). The molecule has 18 heavy (non-hydrogen) atoms. The third-order valence-electron chi connectivity index (χ3n) is 2.67. The monoisotopic (exact) mass is 242 g/mol. The van der Waals surface area contributed by atoms with Gasteiger partial charge in [0, 0.05) is 11.8 Å². The number of hydrogen-bond acceptors (Lipinski definition) is 4. The normalized spacial score (nSPS) is 10.2. The van der Waals surface area contributed by atoms with Gasteiger partial charge in [-0.1, -0.05) is 23.8 Å². The van der Waals surface area contributed by atoms with Crippen LogP contribution in [0.2, 0.25) is 0 Å². The number of methoxy groups -OCH3 is 1. The fourth-order valence-corrected chi connectivity index (χ4v) is 1.77. The number of benzene rings is 1. The van der Waals surface area contributed by atoms with Crippen LogP contribution in [0, 0.1) is 13.8 Å². The molecule has 4 heteroatoms. The molecule has 0 saturated heterocycles. The third kappa shape index (κ3) is 2.37. The van der Waals surface area contributed by atoms with Gasteiger partial charge in [-0.2, -0.15) is 0 Å². The van der Waals surface area contributed by atoms with Crippen molar-refractivity contribution < 1.29 is 9.53 Å². The number of aryl methyl sites for hydroxylation is 2. The van der Waals surface area contributed by atoms with Crippen LogP contribution in [0.3, 0.4) is 0 Å². The van der Waals surface area contributed by atoms with Crippen molar-refractivity contribution in [3.05, 3.63) is 47.3 Å². The van der Waals surface area contributed by atoms with Gasteiger partial charge in [0.15, 0.2) is 11.5 Å². The summed E-state index contributed by atoms with van der Waals surface area (Å²) in [6.45, 7) is 4.03. The smallest absolute Gasteiger partial charge is 0.356 e. The summed E-state index contributed by atoms with van der Waals surface area (Å²) in [4.78, 5) is 19.8. The summed E-state index contributed by atoms with van der Waals surface area (Å²) in [5.74, 6) is 0.0822. The molecule has 0 aliphatic heterocycles. The van der Waals surface area contributed by atoms with E-state index in [-0.39, 0.29) is 5.69 Å². The van der Waals surface area contributed by atoms with E-state index < -0.39 is 5.97 Å².